The molecule has 0 atom stereocenters. The first-order valence-electron chi connectivity index (χ1n) is 6.98. The summed E-state index contributed by atoms with van der Waals surface area (Å²) in [4.78, 5) is 19.3. The summed E-state index contributed by atoms with van der Waals surface area (Å²) in [5.41, 5.74) is 3.10. The van der Waals surface area contributed by atoms with Crippen molar-refractivity contribution in [2.75, 3.05) is 0 Å². The zero-order valence-corrected chi connectivity index (χ0v) is 11.7. The lowest BCUT2D eigenvalue weighted by atomic mass is 10.2. The fraction of sp³-hybridized carbons (Fsp3) is 0.0588. The lowest BCUT2D eigenvalue weighted by Gasteiger charge is -2.03. The number of carbonyl (C=O) groups is 1. The summed E-state index contributed by atoms with van der Waals surface area (Å²) in [5, 5.41) is 3.90. The van der Waals surface area contributed by atoms with Crippen molar-refractivity contribution >= 4 is 27.9 Å². The predicted molar refractivity (Wildman–Crippen MR) is 83.5 cm³/mol. The minimum atomic E-state index is -0.142. The number of aromatic nitrogens is 2. The number of rotatable bonds is 3. The van der Waals surface area contributed by atoms with Crippen LogP contribution < -0.4 is 5.32 Å². The van der Waals surface area contributed by atoms with Crippen LogP contribution in [0.5, 0.6) is 0 Å². The van der Waals surface area contributed by atoms with Gasteiger partial charge < -0.3 is 14.7 Å². The molecule has 108 valence electrons. The molecule has 0 unspecified atom stereocenters. The molecule has 5 nitrogen and oxygen atoms in total. The lowest BCUT2D eigenvalue weighted by molar-refractivity contribution is 0.0948. The molecule has 0 aliphatic heterocycles. The molecular formula is C17H13N3O2. The third kappa shape index (κ3) is 2.22. The van der Waals surface area contributed by atoms with Crippen LogP contribution in [-0.2, 0) is 6.54 Å². The van der Waals surface area contributed by atoms with Gasteiger partial charge in [-0.15, -0.1) is 0 Å². The number of amides is 1. The van der Waals surface area contributed by atoms with Crippen molar-refractivity contribution in [2.45, 2.75) is 6.54 Å². The molecule has 0 radical (unpaired) electrons. The Bertz CT molecular complexity index is 935. The molecule has 4 aromatic rings. The number of furan rings is 1. The highest BCUT2D eigenvalue weighted by Gasteiger charge is 2.09. The Kier molecular flexibility index (Phi) is 2.89. The van der Waals surface area contributed by atoms with Crippen LogP contribution in [0.3, 0.4) is 0 Å². The maximum atomic E-state index is 12.2. The van der Waals surface area contributed by atoms with Gasteiger partial charge in [-0.2, -0.15) is 0 Å². The van der Waals surface area contributed by atoms with Crippen molar-refractivity contribution in [1.29, 1.82) is 0 Å². The van der Waals surface area contributed by atoms with E-state index < -0.39 is 0 Å². The van der Waals surface area contributed by atoms with Crippen LogP contribution in [0.4, 0.5) is 0 Å². The quantitative estimate of drug-likeness (QED) is 0.608. The van der Waals surface area contributed by atoms with Crippen LogP contribution in [0, 0.1) is 0 Å². The Hall–Kier alpha value is -3.08. The SMILES string of the molecule is O=C(NCc1cc2ccccc2o1)c1ccc2nc[nH]c2c1. The summed E-state index contributed by atoms with van der Waals surface area (Å²) in [5.74, 6) is 0.592. The van der Waals surface area contributed by atoms with Gasteiger partial charge in [0.25, 0.3) is 5.91 Å². The summed E-state index contributed by atoms with van der Waals surface area (Å²) in [6.07, 6.45) is 1.61. The Balaban J connectivity index is 1.51. The highest BCUT2D eigenvalue weighted by atomic mass is 16.3. The second-order valence-corrected chi connectivity index (χ2v) is 5.07. The van der Waals surface area contributed by atoms with Gasteiger partial charge in [0.15, 0.2) is 0 Å². The van der Waals surface area contributed by atoms with Crippen LogP contribution in [0.1, 0.15) is 16.1 Å². The number of hydrogen-bond donors (Lipinski definition) is 2. The maximum Gasteiger partial charge on any atom is 0.251 e. The third-order valence-corrected chi connectivity index (χ3v) is 3.58. The predicted octanol–water partition coefficient (Wildman–Crippen LogP) is 3.24. The van der Waals surface area contributed by atoms with Crippen molar-refractivity contribution in [2.24, 2.45) is 0 Å². The molecular weight excluding hydrogens is 278 g/mol. The molecule has 0 bridgehead atoms. The number of fused-ring (bicyclic) bond motifs is 2. The molecule has 0 saturated carbocycles. The number of imidazole rings is 1. The van der Waals surface area contributed by atoms with Gasteiger partial charge in [-0.1, -0.05) is 18.2 Å². The van der Waals surface area contributed by atoms with Crippen LogP contribution in [0.15, 0.2) is 59.3 Å². The highest BCUT2D eigenvalue weighted by molar-refractivity contribution is 5.97. The van der Waals surface area contributed by atoms with E-state index in [1.165, 1.54) is 0 Å². The van der Waals surface area contributed by atoms with Gasteiger partial charge >= 0.3 is 0 Å². The first-order valence-corrected chi connectivity index (χ1v) is 6.98. The smallest absolute Gasteiger partial charge is 0.251 e. The number of para-hydroxylation sites is 1. The van der Waals surface area contributed by atoms with E-state index in [1.807, 2.05) is 36.4 Å². The van der Waals surface area contributed by atoms with Crippen LogP contribution in [-0.4, -0.2) is 15.9 Å². The standard InChI is InChI=1S/C17H13N3O2/c21-17(12-5-6-14-15(8-12)20-10-19-14)18-9-13-7-11-3-1-2-4-16(11)22-13/h1-8,10H,9H2,(H,18,21)(H,19,20). The number of benzene rings is 2. The van der Waals surface area contributed by atoms with Crippen molar-refractivity contribution < 1.29 is 9.21 Å². The maximum absolute atomic E-state index is 12.2. The van der Waals surface area contributed by atoms with Crippen LogP contribution in [0.2, 0.25) is 0 Å². The number of nitrogens with zero attached hydrogens (tertiary/aromatic N) is 1. The van der Waals surface area contributed by atoms with Gasteiger partial charge in [-0.25, -0.2) is 4.98 Å². The molecule has 0 spiro atoms. The van der Waals surface area contributed by atoms with E-state index in [1.54, 1.807) is 18.5 Å². The second-order valence-electron chi connectivity index (χ2n) is 5.07. The van der Waals surface area contributed by atoms with Gasteiger partial charge in [-0.3, -0.25) is 4.79 Å². The highest BCUT2D eigenvalue weighted by Crippen LogP contribution is 2.18. The minimum absolute atomic E-state index is 0.142. The zero-order chi connectivity index (χ0) is 14.9. The van der Waals surface area contributed by atoms with Crippen molar-refractivity contribution in [3.8, 4) is 0 Å². The van der Waals surface area contributed by atoms with Crippen molar-refractivity contribution in [3.05, 3.63) is 66.2 Å². The van der Waals surface area contributed by atoms with Crippen LogP contribution in [0.25, 0.3) is 22.0 Å². The summed E-state index contributed by atoms with van der Waals surface area (Å²) < 4.78 is 5.68. The minimum Gasteiger partial charge on any atom is -0.459 e. The molecule has 2 aromatic carbocycles. The molecule has 2 aromatic heterocycles. The number of hydrogen-bond acceptors (Lipinski definition) is 3. The van der Waals surface area contributed by atoms with Crippen molar-refractivity contribution in [1.82, 2.24) is 15.3 Å². The molecule has 2 N–H and O–H groups in total. The van der Waals surface area contributed by atoms with E-state index in [-0.39, 0.29) is 5.91 Å². The summed E-state index contributed by atoms with van der Waals surface area (Å²) in [6.45, 7) is 0.356. The van der Waals surface area contributed by atoms with E-state index in [0.29, 0.717) is 12.1 Å². The average molecular weight is 291 g/mol. The molecule has 1 amide bonds. The fourth-order valence-electron chi connectivity index (χ4n) is 2.47. The number of aromatic amines is 1. The number of H-pyrrole nitrogens is 1. The molecule has 22 heavy (non-hydrogen) atoms. The normalized spacial score (nSPS) is 11.1. The first kappa shape index (κ1) is 12.6. The van der Waals surface area contributed by atoms with E-state index in [0.717, 1.165) is 27.8 Å². The Morgan fingerprint density at radius 1 is 1.18 bits per heavy atom. The molecule has 4 rings (SSSR count). The van der Waals surface area contributed by atoms with Crippen LogP contribution >= 0.6 is 0 Å². The lowest BCUT2D eigenvalue weighted by Crippen LogP contribution is -2.22. The monoisotopic (exact) mass is 291 g/mol. The Morgan fingerprint density at radius 3 is 3.00 bits per heavy atom. The molecule has 0 saturated heterocycles. The van der Waals surface area contributed by atoms with Gasteiger partial charge in [0.2, 0.25) is 0 Å². The molecule has 0 fully saturated rings. The molecule has 2 heterocycles. The summed E-state index contributed by atoms with van der Waals surface area (Å²) in [6, 6.07) is 15.1. The van der Waals surface area contributed by atoms with Gasteiger partial charge in [0.1, 0.15) is 11.3 Å². The van der Waals surface area contributed by atoms with E-state index in [9.17, 15) is 4.79 Å². The number of nitrogens with one attached hydrogen (secondary N) is 2. The van der Waals surface area contributed by atoms with Gasteiger partial charge in [0, 0.05) is 10.9 Å². The first-order chi connectivity index (χ1) is 10.8. The summed E-state index contributed by atoms with van der Waals surface area (Å²) in [7, 11) is 0. The average Bonchev–Trinajstić information content (AvgIpc) is 3.17. The zero-order valence-electron chi connectivity index (χ0n) is 11.7. The molecule has 5 heteroatoms. The molecule has 0 aliphatic carbocycles. The topological polar surface area (TPSA) is 70.9 Å². The Morgan fingerprint density at radius 2 is 2.09 bits per heavy atom. The second kappa shape index (κ2) is 5.04. The van der Waals surface area contributed by atoms with E-state index in [4.69, 9.17) is 4.42 Å². The largest absolute Gasteiger partial charge is 0.459 e. The van der Waals surface area contributed by atoms with Gasteiger partial charge in [0.05, 0.1) is 23.9 Å². The Labute approximate surface area is 126 Å². The van der Waals surface area contributed by atoms with E-state index >= 15 is 0 Å². The molecule has 0 aliphatic rings. The summed E-state index contributed by atoms with van der Waals surface area (Å²) >= 11 is 0. The third-order valence-electron chi connectivity index (χ3n) is 3.58. The van der Waals surface area contributed by atoms with Crippen molar-refractivity contribution in [3.63, 3.8) is 0 Å². The fourth-order valence-corrected chi connectivity index (χ4v) is 2.47. The van der Waals surface area contributed by atoms with Gasteiger partial charge in [-0.05, 0) is 30.3 Å². The van der Waals surface area contributed by atoms with E-state index in [2.05, 4.69) is 15.3 Å². The number of carbonyl (C=O) groups excluding carboxylic acids is 1.